The van der Waals surface area contributed by atoms with Crippen LogP contribution in [0.5, 0.6) is 0 Å². The summed E-state index contributed by atoms with van der Waals surface area (Å²) < 4.78 is 6.05. The highest BCUT2D eigenvalue weighted by atomic mass is 16.3. The highest BCUT2D eigenvalue weighted by Crippen LogP contribution is 2.18. The summed E-state index contributed by atoms with van der Waals surface area (Å²) in [6.07, 6.45) is 6.14. The van der Waals surface area contributed by atoms with Gasteiger partial charge in [0.25, 0.3) is 0 Å². The summed E-state index contributed by atoms with van der Waals surface area (Å²) in [5.41, 5.74) is 4.19. The first-order valence-corrected chi connectivity index (χ1v) is 6.56. The van der Waals surface area contributed by atoms with Crippen molar-refractivity contribution in [2.24, 2.45) is 0 Å². The van der Waals surface area contributed by atoms with E-state index in [-0.39, 0.29) is 0 Å². The van der Waals surface area contributed by atoms with Gasteiger partial charge in [-0.25, -0.2) is 0 Å². The van der Waals surface area contributed by atoms with Crippen LogP contribution in [-0.4, -0.2) is 4.98 Å². The molecule has 2 nitrogen and oxygen atoms in total. The number of hydrogen-bond donors (Lipinski definition) is 0. The third-order valence-corrected chi connectivity index (χ3v) is 3.62. The second-order valence-corrected chi connectivity index (χ2v) is 4.78. The number of para-hydroxylation sites is 1. The van der Waals surface area contributed by atoms with Crippen molar-refractivity contribution in [3.05, 3.63) is 65.0 Å². The van der Waals surface area contributed by atoms with Gasteiger partial charge >= 0.3 is 0 Å². The molecule has 2 aromatic heterocycles. The highest BCUT2D eigenvalue weighted by Gasteiger charge is 2.13. The Hall–Kier alpha value is -2.35. The maximum absolute atomic E-state index is 6.05. The van der Waals surface area contributed by atoms with Crippen LogP contribution in [-0.2, 0) is 0 Å². The molecule has 0 saturated heterocycles. The van der Waals surface area contributed by atoms with Crippen LogP contribution < -0.4 is 10.6 Å². The maximum Gasteiger partial charge on any atom is 0.140 e. The predicted octanol–water partition coefficient (Wildman–Crippen LogP) is 2.60. The summed E-state index contributed by atoms with van der Waals surface area (Å²) in [7, 11) is 0. The summed E-state index contributed by atoms with van der Waals surface area (Å²) in [5.74, 6) is 0. The minimum atomic E-state index is 0.957. The van der Waals surface area contributed by atoms with E-state index >= 15 is 0 Å². The van der Waals surface area contributed by atoms with Crippen molar-refractivity contribution in [3.63, 3.8) is 0 Å². The molecule has 0 atom stereocenters. The van der Waals surface area contributed by atoms with E-state index in [0.717, 1.165) is 29.5 Å². The Kier molecular flexibility index (Phi) is 2.27. The van der Waals surface area contributed by atoms with Gasteiger partial charge in [0, 0.05) is 22.4 Å². The molecule has 0 unspecified atom stereocenters. The molecule has 3 aromatic rings. The minimum absolute atomic E-state index is 0.957. The Morgan fingerprint density at radius 1 is 1.00 bits per heavy atom. The summed E-state index contributed by atoms with van der Waals surface area (Å²) >= 11 is 0. The van der Waals surface area contributed by atoms with Gasteiger partial charge in [-0.2, -0.15) is 0 Å². The van der Waals surface area contributed by atoms with E-state index in [1.165, 1.54) is 16.2 Å². The first kappa shape index (κ1) is 10.6. The molecule has 0 spiro atoms. The van der Waals surface area contributed by atoms with Crippen LogP contribution in [0.15, 0.2) is 53.1 Å². The van der Waals surface area contributed by atoms with E-state index in [0.29, 0.717) is 0 Å². The first-order chi connectivity index (χ1) is 9.43. The van der Waals surface area contributed by atoms with Crippen molar-refractivity contribution in [1.29, 1.82) is 0 Å². The average Bonchev–Trinajstić information content (AvgIpc) is 2.87. The molecule has 0 saturated carbocycles. The van der Waals surface area contributed by atoms with Gasteiger partial charge in [0.1, 0.15) is 11.0 Å². The molecular weight excluding hydrogens is 234 g/mol. The normalized spacial score (nSPS) is 14.2. The minimum Gasteiger partial charge on any atom is -0.456 e. The van der Waals surface area contributed by atoms with Gasteiger partial charge in [-0.3, -0.25) is 4.98 Å². The van der Waals surface area contributed by atoms with E-state index in [1.807, 2.05) is 30.5 Å². The third kappa shape index (κ3) is 1.60. The van der Waals surface area contributed by atoms with Gasteiger partial charge < -0.3 is 4.42 Å². The maximum atomic E-state index is 6.05. The number of fused-ring (bicyclic) bond motifs is 3. The van der Waals surface area contributed by atoms with Gasteiger partial charge in [0.2, 0.25) is 0 Å². The molecule has 2 heteroatoms. The number of hydrogen-bond acceptors (Lipinski definition) is 2. The molecule has 0 radical (unpaired) electrons. The van der Waals surface area contributed by atoms with Crippen molar-refractivity contribution in [3.8, 4) is 0 Å². The lowest BCUT2D eigenvalue weighted by Crippen LogP contribution is -2.26. The average molecular weight is 247 g/mol. The monoisotopic (exact) mass is 247 g/mol. The summed E-state index contributed by atoms with van der Waals surface area (Å²) in [4.78, 5) is 4.46. The van der Waals surface area contributed by atoms with E-state index < -0.39 is 0 Å². The number of aromatic nitrogens is 1. The molecule has 1 aromatic carbocycles. The lowest BCUT2D eigenvalue weighted by molar-refractivity contribution is 0.568. The van der Waals surface area contributed by atoms with Crippen molar-refractivity contribution in [2.75, 3.05) is 0 Å². The van der Waals surface area contributed by atoms with Gasteiger partial charge in [0.05, 0.1) is 5.69 Å². The van der Waals surface area contributed by atoms with Crippen molar-refractivity contribution in [2.45, 2.75) is 12.8 Å². The van der Waals surface area contributed by atoms with Crippen molar-refractivity contribution in [1.82, 2.24) is 4.98 Å². The molecular formula is C17H13NO. The lowest BCUT2D eigenvalue weighted by atomic mass is 10.00. The SMILES string of the molecule is C1=c2c(oc3ccccc23)=C(c2ccccn2)CC1. The fourth-order valence-electron chi connectivity index (χ4n) is 2.75. The molecule has 2 heterocycles. The molecule has 4 rings (SSSR count). The predicted molar refractivity (Wildman–Crippen MR) is 75.9 cm³/mol. The quantitative estimate of drug-likeness (QED) is 0.660. The van der Waals surface area contributed by atoms with Crippen LogP contribution in [0.2, 0.25) is 0 Å². The van der Waals surface area contributed by atoms with E-state index in [2.05, 4.69) is 29.3 Å². The van der Waals surface area contributed by atoms with Gasteiger partial charge in [-0.05, 0) is 31.0 Å². The van der Waals surface area contributed by atoms with Crippen LogP contribution in [0.25, 0.3) is 22.6 Å². The second kappa shape index (κ2) is 4.09. The number of nitrogens with zero attached hydrogens (tertiary/aromatic N) is 1. The highest BCUT2D eigenvalue weighted by molar-refractivity contribution is 5.81. The standard InChI is InChI=1S/C17H13NO/c1-2-10-16-12(6-1)13-7-5-8-14(17(13)19-16)15-9-3-4-11-18-15/h1-4,6-7,9-11H,5,8H2. The molecule has 0 bridgehead atoms. The van der Waals surface area contributed by atoms with Gasteiger partial charge in [-0.15, -0.1) is 0 Å². The van der Waals surface area contributed by atoms with Gasteiger partial charge in [-0.1, -0.05) is 30.3 Å². The third-order valence-electron chi connectivity index (χ3n) is 3.62. The molecule has 0 aliphatic heterocycles. The van der Waals surface area contributed by atoms with Gasteiger partial charge in [0.15, 0.2) is 0 Å². The van der Waals surface area contributed by atoms with E-state index in [4.69, 9.17) is 4.42 Å². The zero-order valence-electron chi connectivity index (χ0n) is 10.5. The molecule has 92 valence electrons. The Bertz CT molecular complexity index is 859. The molecule has 1 aliphatic carbocycles. The van der Waals surface area contributed by atoms with Crippen molar-refractivity contribution >= 4 is 22.6 Å². The fraction of sp³-hybridized carbons (Fsp3) is 0.118. The zero-order valence-corrected chi connectivity index (χ0v) is 10.5. The summed E-state index contributed by atoms with van der Waals surface area (Å²) in [6.45, 7) is 0. The number of rotatable bonds is 1. The summed E-state index contributed by atoms with van der Waals surface area (Å²) in [5, 5.41) is 2.42. The summed E-state index contributed by atoms with van der Waals surface area (Å²) in [6, 6.07) is 14.2. The Morgan fingerprint density at radius 2 is 1.89 bits per heavy atom. The first-order valence-electron chi connectivity index (χ1n) is 6.56. The molecule has 0 fully saturated rings. The number of pyridine rings is 1. The van der Waals surface area contributed by atoms with E-state index in [9.17, 15) is 0 Å². The largest absolute Gasteiger partial charge is 0.456 e. The Labute approximate surface area is 110 Å². The molecule has 0 amide bonds. The van der Waals surface area contributed by atoms with Crippen LogP contribution in [0, 0.1) is 0 Å². The Morgan fingerprint density at radius 3 is 2.79 bits per heavy atom. The van der Waals surface area contributed by atoms with Crippen LogP contribution in [0.3, 0.4) is 0 Å². The molecule has 19 heavy (non-hydrogen) atoms. The lowest BCUT2D eigenvalue weighted by Gasteiger charge is -2.06. The topological polar surface area (TPSA) is 26.0 Å². The number of benzene rings is 1. The van der Waals surface area contributed by atoms with E-state index in [1.54, 1.807) is 0 Å². The zero-order chi connectivity index (χ0) is 12.7. The van der Waals surface area contributed by atoms with Crippen LogP contribution in [0.4, 0.5) is 0 Å². The Balaban J connectivity index is 2.15. The van der Waals surface area contributed by atoms with Crippen molar-refractivity contribution < 1.29 is 4.42 Å². The van der Waals surface area contributed by atoms with Crippen LogP contribution >= 0.6 is 0 Å². The fourth-order valence-corrected chi connectivity index (χ4v) is 2.75. The molecule has 0 N–H and O–H groups in total. The molecule has 1 aliphatic rings. The smallest absolute Gasteiger partial charge is 0.140 e. The van der Waals surface area contributed by atoms with Crippen LogP contribution in [0.1, 0.15) is 18.5 Å². The number of furan rings is 1. The second-order valence-electron chi connectivity index (χ2n) is 4.78.